The largest absolute Gasteiger partial charge is 0.496 e. The van der Waals surface area contributed by atoms with E-state index in [0.29, 0.717) is 24.1 Å². The molecule has 0 aliphatic carbocycles. The lowest BCUT2D eigenvalue weighted by Gasteiger charge is -2.22. The van der Waals surface area contributed by atoms with Crippen LogP contribution in [0.2, 0.25) is 0 Å². The van der Waals surface area contributed by atoms with E-state index in [1.807, 2.05) is 38.1 Å². The summed E-state index contributed by atoms with van der Waals surface area (Å²) in [5.74, 6) is -0.432. The highest BCUT2D eigenvalue weighted by atomic mass is 19.1. The molecule has 1 aliphatic rings. The average molecular weight is 613 g/mol. The summed E-state index contributed by atoms with van der Waals surface area (Å²) < 4.78 is 26.8. The fourth-order valence-corrected chi connectivity index (χ4v) is 5.74. The van der Waals surface area contributed by atoms with E-state index in [1.54, 1.807) is 19.4 Å². The fraction of sp³-hybridized carbons (Fsp3) is 0.361. The predicted octanol–water partition coefficient (Wildman–Crippen LogP) is 6.41. The number of benzene rings is 3. The van der Waals surface area contributed by atoms with Gasteiger partial charge in [-0.2, -0.15) is 0 Å². The van der Waals surface area contributed by atoms with Crippen molar-refractivity contribution in [2.75, 3.05) is 32.1 Å². The molecule has 0 radical (unpaired) electrons. The summed E-state index contributed by atoms with van der Waals surface area (Å²) in [6.45, 7) is 6.57. The van der Waals surface area contributed by atoms with Gasteiger partial charge in [0.25, 0.3) is 0 Å². The Labute approximate surface area is 263 Å². The molecule has 1 aromatic heterocycles. The van der Waals surface area contributed by atoms with Crippen molar-refractivity contribution < 1.29 is 23.5 Å². The van der Waals surface area contributed by atoms with Crippen LogP contribution >= 0.6 is 0 Å². The Kier molecular flexibility index (Phi) is 10.6. The van der Waals surface area contributed by atoms with Gasteiger partial charge in [0, 0.05) is 29.9 Å². The first-order valence-electron chi connectivity index (χ1n) is 15.6. The van der Waals surface area contributed by atoms with Gasteiger partial charge in [0.15, 0.2) is 11.6 Å². The molecule has 0 unspecified atom stereocenters. The summed E-state index contributed by atoms with van der Waals surface area (Å²) >= 11 is 0. The number of fused-ring (bicyclic) bond motifs is 1. The Morgan fingerprint density at radius 3 is 2.51 bits per heavy atom. The number of halogens is 1. The summed E-state index contributed by atoms with van der Waals surface area (Å²) in [4.78, 5) is 29.3. The lowest BCUT2D eigenvalue weighted by molar-refractivity contribution is -0.136. The highest BCUT2D eigenvalue weighted by Gasteiger charge is 2.17. The number of amides is 2. The summed E-state index contributed by atoms with van der Waals surface area (Å²) in [7, 11) is 1.65. The zero-order valence-corrected chi connectivity index (χ0v) is 26.2. The number of nitrogens with one attached hydrogen (secondary N) is 3. The lowest BCUT2D eigenvalue weighted by Crippen LogP contribution is -2.36. The third-order valence-electron chi connectivity index (χ3n) is 8.51. The van der Waals surface area contributed by atoms with Crippen LogP contribution in [-0.2, 0) is 22.4 Å². The van der Waals surface area contributed by atoms with Gasteiger partial charge in [-0.15, -0.1) is 0 Å². The number of methoxy groups -OCH3 is 1. The number of hydrogen-bond acceptors (Lipinski definition) is 6. The number of aromatic nitrogens is 1. The molecule has 4 aromatic rings. The maximum Gasteiger partial charge on any atom is 0.313 e. The molecule has 2 amide bonds. The number of carbonyl (C=O) groups is 2. The summed E-state index contributed by atoms with van der Waals surface area (Å²) in [5.41, 5.74) is 5.40. The molecule has 3 N–H and O–H groups in total. The first kappa shape index (κ1) is 31.9. The molecule has 1 aliphatic heterocycles. The Balaban J connectivity index is 1.19. The van der Waals surface area contributed by atoms with Crippen molar-refractivity contribution in [1.82, 2.24) is 15.6 Å². The molecule has 2 heterocycles. The zero-order valence-electron chi connectivity index (χ0n) is 26.2. The minimum Gasteiger partial charge on any atom is -0.496 e. The van der Waals surface area contributed by atoms with E-state index in [9.17, 15) is 9.59 Å². The second-order valence-corrected chi connectivity index (χ2v) is 11.7. The van der Waals surface area contributed by atoms with Crippen molar-refractivity contribution in [3.63, 3.8) is 0 Å². The second kappa shape index (κ2) is 15.0. The van der Waals surface area contributed by atoms with Gasteiger partial charge >= 0.3 is 11.8 Å². The van der Waals surface area contributed by atoms with E-state index in [4.69, 9.17) is 9.47 Å². The summed E-state index contributed by atoms with van der Waals surface area (Å²) in [5, 5.41) is 9.18. The van der Waals surface area contributed by atoms with Gasteiger partial charge in [-0.25, -0.2) is 4.39 Å². The number of anilines is 1. The van der Waals surface area contributed by atoms with Crippen LogP contribution in [0, 0.1) is 25.6 Å². The number of rotatable bonds is 11. The van der Waals surface area contributed by atoms with Crippen LogP contribution in [-0.4, -0.2) is 43.5 Å². The number of nitrogens with zero attached hydrogens (tertiary/aromatic N) is 1. The first-order chi connectivity index (χ1) is 21.8. The van der Waals surface area contributed by atoms with E-state index < -0.39 is 17.6 Å². The van der Waals surface area contributed by atoms with E-state index in [1.165, 1.54) is 42.5 Å². The molecular formula is C36H41FN4O4. The molecule has 5 rings (SSSR count). The molecule has 8 nitrogen and oxygen atoms in total. The zero-order chi connectivity index (χ0) is 31.8. The standard InChI is InChI=1S/C36H41FN4O4/c1-23-7-8-26(19-24(23)2)13-17-40-35(42)36(43)41-28-9-10-33(30(37)21-28)45-32-14-18-39-31-20-27(34(44-3)22-29(31)32)6-4-5-25-11-15-38-16-12-25/h7-10,14,18-22,25,38H,4-6,11-13,15-17H2,1-3H3,(H,40,42)(H,41,43). The third kappa shape index (κ3) is 8.36. The van der Waals surface area contributed by atoms with Gasteiger partial charge in [-0.05, 0) is 118 Å². The number of pyridine rings is 1. The van der Waals surface area contributed by atoms with Crippen LogP contribution in [0.4, 0.5) is 10.1 Å². The Hall–Kier alpha value is -4.50. The number of piperidine rings is 1. The smallest absolute Gasteiger partial charge is 0.313 e. The minimum absolute atomic E-state index is 0.0247. The van der Waals surface area contributed by atoms with Gasteiger partial charge in [0.2, 0.25) is 0 Å². The molecule has 0 bridgehead atoms. The molecule has 0 atom stereocenters. The lowest BCUT2D eigenvalue weighted by atomic mass is 9.91. The van der Waals surface area contributed by atoms with Crippen molar-refractivity contribution in [2.24, 2.45) is 5.92 Å². The van der Waals surface area contributed by atoms with Crippen molar-refractivity contribution >= 4 is 28.4 Å². The maximum atomic E-state index is 15.1. The molecule has 0 spiro atoms. The monoisotopic (exact) mass is 612 g/mol. The third-order valence-corrected chi connectivity index (χ3v) is 8.51. The van der Waals surface area contributed by atoms with Gasteiger partial charge in [0.05, 0.1) is 12.6 Å². The van der Waals surface area contributed by atoms with Crippen molar-refractivity contribution in [2.45, 2.75) is 52.4 Å². The maximum absolute atomic E-state index is 15.1. The number of carbonyl (C=O) groups excluding carboxylic acids is 2. The fourth-order valence-electron chi connectivity index (χ4n) is 5.74. The average Bonchev–Trinajstić information content (AvgIpc) is 3.04. The second-order valence-electron chi connectivity index (χ2n) is 11.7. The number of ether oxygens (including phenoxy) is 2. The van der Waals surface area contributed by atoms with Crippen LogP contribution in [0.1, 0.15) is 47.9 Å². The first-order valence-corrected chi connectivity index (χ1v) is 15.6. The highest BCUT2D eigenvalue weighted by Crippen LogP contribution is 2.35. The van der Waals surface area contributed by atoms with Crippen LogP contribution < -0.4 is 25.4 Å². The molecule has 236 valence electrons. The van der Waals surface area contributed by atoms with Gasteiger partial charge in [0.1, 0.15) is 11.5 Å². The molecule has 45 heavy (non-hydrogen) atoms. The Morgan fingerprint density at radius 1 is 0.933 bits per heavy atom. The summed E-state index contributed by atoms with van der Waals surface area (Å²) in [6, 6.07) is 15.7. The van der Waals surface area contributed by atoms with Crippen LogP contribution in [0.25, 0.3) is 10.9 Å². The predicted molar refractivity (Wildman–Crippen MR) is 175 cm³/mol. The molecule has 3 aromatic carbocycles. The molecule has 1 saturated heterocycles. The van der Waals surface area contributed by atoms with Crippen molar-refractivity contribution in [3.8, 4) is 17.2 Å². The van der Waals surface area contributed by atoms with E-state index >= 15 is 4.39 Å². The molecule has 9 heteroatoms. The molecular weight excluding hydrogens is 571 g/mol. The number of hydrogen-bond donors (Lipinski definition) is 3. The Bertz CT molecular complexity index is 1670. The van der Waals surface area contributed by atoms with E-state index in [-0.39, 0.29) is 11.4 Å². The van der Waals surface area contributed by atoms with E-state index in [2.05, 4.69) is 27.0 Å². The summed E-state index contributed by atoms with van der Waals surface area (Å²) in [6.07, 6.45) is 7.84. The molecule has 0 saturated carbocycles. The van der Waals surface area contributed by atoms with Crippen LogP contribution in [0.15, 0.2) is 60.8 Å². The van der Waals surface area contributed by atoms with E-state index in [0.717, 1.165) is 60.3 Å². The topological polar surface area (TPSA) is 102 Å². The van der Waals surface area contributed by atoms with Crippen molar-refractivity contribution in [3.05, 3.63) is 88.9 Å². The van der Waals surface area contributed by atoms with Gasteiger partial charge < -0.3 is 25.4 Å². The van der Waals surface area contributed by atoms with Crippen molar-refractivity contribution in [1.29, 1.82) is 0 Å². The SMILES string of the molecule is COc1cc2c(Oc3ccc(NC(=O)C(=O)NCCc4ccc(C)c(C)c4)cc3F)ccnc2cc1CCCC1CCNCC1. The van der Waals surface area contributed by atoms with Gasteiger partial charge in [-0.3, -0.25) is 14.6 Å². The number of aryl methyl sites for hydroxylation is 3. The van der Waals surface area contributed by atoms with Gasteiger partial charge in [-0.1, -0.05) is 24.6 Å². The van der Waals surface area contributed by atoms with Crippen LogP contribution in [0.5, 0.6) is 17.2 Å². The Morgan fingerprint density at radius 2 is 1.76 bits per heavy atom. The minimum atomic E-state index is -0.873. The molecule has 1 fully saturated rings. The highest BCUT2D eigenvalue weighted by molar-refractivity contribution is 6.39. The quantitative estimate of drug-likeness (QED) is 0.169. The normalized spacial score (nSPS) is 13.4. The van der Waals surface area contributed by atoms with Crippen LogP contribution in [0.3, 0.4) is 0 Å².